The van der Waals surface area contributed by atoms with Gasteiger partial charge in [0.1, 0.15) is 14.4 Å². The number of rotatable bonds is 2. The zero-order valence-electron chi connectivity index (χ0n) is 11.0. The first-order valence-electron chi connectivity index (χ1n) is 6.27. The van der Waals surface area contributed by atoms with Gasteiger partial charge in [0.2, 0.25) is 0 Å². The number of carboxylic acid groups (broad SMARTS) is 1. The summed E-state index contributed by atoms with van der Waals surface area (Å²) in [5.74, 6) is -0.819. The van der Waals surface area contributed by atoms with Gasteiger partial charge >= 0.3 is 5.97 Å². The van der Waals surface area contributed by atoms with Crippen molar-refractivity contribution in [3.8, 4) is 0 Å². The van der Waals surface area contributed by atoms with Crippen LogP contribution in [0.3, 0.4) is 0 Å². The molecular formula is C15H14BNO2. The molecule has 2 aromatic carbocycles. The second kappa shape index (κ2) is 4.16. The molecule has 0 radical (unpaired) electrons. The Morgan fingerprint density at radius 2 is 1.79 bits per heavy atom. The molecule has 0 atom stereocenters. The third-order valence-corrected chi connectivity index (χ3v) is 3.47. The van der Waals surface area contributed by atoms with Gasteiger partial charge in [0.25, 0.3) is 0 Å². The molecule has 0 unspecified atom stereocenters. The molecule has 0 bridgehead atoms. The summed E-state index contributed by atoms with van der Waals surface area (Å²) >= 11 is 0. The molecule has 4 heteroatoms. The van der Waals surface area contributed by atoms with Gasteiger partial charge in [-0.05, 0) is 25.1 Å². The lowest BCUT2D eigenvalue weighted by molar-refractivity contribution is -0.137. The fourth-order valence-corrected chi connectivity index (χ4v) is 2.64. The number of aliphatic carboxylic acids is 1. The fraction of sp³-hybridized carbons (Fsp3) is 0.133. The van der Waals surface area contributed by atoms with Gasteiger partial charge in [0.05, 0.1) is 0 Å². The predicted octanol–water partition coefficient (Wildman–Crippen LogP) is 1.45. The van der Waals surface area contributed by atoms with E-state index in [1.807, 2.05) is 28.8 Å². The normalized spacial score (nSPS) is 11.2. The van der Waals surface area contributed by atoms with E-state index < -0.39 is 5.97 Å². The van der Waals surface area contributed by atoms with Crippen molar-refractivity contribution in [1.82, 2.24) is 4.57 Å². The van der Waals surface area contributed by atoms with Crippen molar-refractivity contribution in [2.45, 2.75) is 13.5 Å². The standard InChI is InChI=1S/C15H14BNO2/c1-9-2-4-13-11(6-9)12-7-10(16)3-5-14(12)17(13)8-15(18)19/h2-7H,8,16H2,1H3,(H,18,19). The molecule has 94 valence electrons. The molecule has 1 aromatic heterocycles. The van der Waals surface area contributed by atoms with E-state index in [9.17, 15) is 4.79 Å². The van der Waals surface area contributed by atoms with Crippen LogP contribution in [-0.4, -0.2) is 23.5 Å². The maximum absolute atomic E-state index is 11.1. The number of hydrogen-bond acceptors (Lipinski definition) is 1. The molecular weight excluding hydrogens is 237 g/mol. The molecule has 0 saturated heterocycles. The van der Waals surface area contributed by atoms with E-state index >= 15 is 0 Å². The third kappa shape index (κ3) is 1.89. The summed E-state index contributed by atoms with van der Waals surface area (Å²) in [6.07, 6.45) is 0. The van der Waals surface area contributed by atoms with Crippen molar-refractivity contribution >= 4 is 41.1 Å². The van der Waals surface area contributed by atoms with Gasteiger partial charge in [0, 0.05) is 21.8 Å². The summed E-state index contributed by atoms with van der Waals surface area (Å²) in [4.78, 5) is 11.1. The number of benzene rings is 2. The van der Waals surface area contributed by atoms with Gasteiger partial charge in [-0.1, -0.05) is 29.2 Å². The number of aromatic nitrogens is 1. The second-order valence-corrected chi connectivity index (χ2v) is 5.02. The highest BCUT2D eigenvalue weighted by Gasteiger charge is 2.12. The van der Waals surface area contributed by atoms with Gasteiger partial charge in [-0.3, -0.25) is 4.79 Å². The lowest BCUT2D eigenvalue weighted by atomic mass is 9.94. The number of carboxylic acids is 1. The molecule has 1 N–H and O–H groups in total. The molecule has 3 rings (SSSR count). The Kier molecular flexibility index (Phi) is 2.59. The monoisotopic (exact) mass is 251 g/mol. The number of carbonyl (C=O) groups is 1. The molecule has 19 heavy (non-hydrogen) atoms. The Morgan fingerprint density at radius 3 is 2.47 bits per heavy atom. The summed E-state index contributed by atoms with van der Waals surface area (Å²) < 4.78 is 1.87. The highest BCUT2D eigenvalue weighted by Crippen LogP contribution is 2.29. The van der Waals surface area contributed by atoms with Crippen molar-refractivity contribution in [1.29, 1.82) is 0 Å². The molecule has 0 aliphatic rings. The van der Waals surface area contributed by atoms with Crippen molar-refractivity contribution in [2.75, 3.05) is 0 Å². The minimum atomic E-state index is -0.819. The number of fused-ring (bicyclic) bond motifs is 3. The van der Waals surface area contributed by atoms with Crippen LogP contribution in [0.2, 0.25) is 0 Å². The minimum absolute atomic E-state index is 0.00782. The van der Waals surface area contributed by atoms with Crippen LogP contribution in [0.25, 0.3) is 21.8 Å². The van der Waals surface area contributed by atoms with Crippen LogP contribution in [0, 0.1) is 6.92 Å². The van der Waals surface area contributed by atoms with Gasteiger partial charge in [-0.2, -0.15) is 0 Å². The summed E-state index contributed by atoms with van der Waals surface area (Å²) in [5.41, 5.74) is 4.33. The van der Waals surface area contributed by atoms with E-state index in [-0.39, 0.29) is 6.54 Å². The van der Waals surface area contributed by atoms with Crippen LogP contribution in [-0.2, 0) is 11.3 Å². The molecule has 3 aromatic rings. The topological polar surface area (TPSA) is 42.2 Å². The van der Waals surface area contributed by atoms with Gasteiger partial charge in [0.15, 0.2) is 0 Å². The van der Waals surface area contributed by atoms with Crippen LogP contribution in [0.1, 0.15) is 5.56 Å². The molecule has 0 saturated carbocycles. The Labute approximate surface area is 111 Å². The SMILES string of the molecule is Bc1ccc2c(c1)c1cc(C)ccc1n2CC(=O)O. The highest BCUT2D eigenvalue weighted by molar-refractivity contribution is 6.33. The number of aryl methyl sites for hydroxylation is 1. The average molecular weight is 251 g/mol. The van der Waals surface area contributed by atoms with Gasteiger partial charge < -0.3 is 9.67 Å². The fourth-order valence-electron chi connectivity index (χ4n) is 2.64. The van der Waals surface area contributed by atoms with E-state index in [0.717, 1.165) is 21.8 Å². The molecule has 0 aliphatic carbocycles. The van der Waals surface area contributed by atoms with Crippen LogP contribution >= 0.6 is 0 Å². The molecule has 3 nitrogen and oxygen atoms in total. The Morgan fingerprint density at radius 1 is 1.16 bits per heavy atom. The van der Waals surface area contributed by atoms with E-state index in [0.29, 0.717) is 0 Å². The van der Waals surface area contributed by atoms with Crippen molar-refractivity contribution in [3.05, 3.63) is 42.0 Å². The molecule has 0 fully saturated rings. The van der Waals surface area contributed by atoms with Gasteiger partial charge in [-0.15, -0.1) is 0 Å². The number of hydrogen-bond donors (Lipinski definition) is 1. The predicted molar refractivity (Wildman–Crippen MR) is 80.0 cm³/mol. The zero-order valence-corrected chi connectivity index (χ0v) is 11.0. The first-order chi connectivity index (χ1) is 9.06. The lowest BCUT2D eigenvalue weighted by Gasteiger charge is -2.03. The van der Waals surface area contributed by atoms with E-state index in [1.54, 1.807) is 0 Å². The van der Waals surface area contributed by atoms with Crippen LogP contribution in [0.4, 0.5) is 0 Å². The van der Waals surface area contributed by atoms with E-state index in [1.165, 1.54) is 11.0 Å². The molecule has 0 aliphatic heterocycles. The summed E-state index contributed by atoms with van der Waals surface area (Å²) in [7, 11) is 2.05. The maximum Gasteiger partial charge on any atom is 0.323 e. The highest BCUT2D eigenvalue weighted by atomic mass is 16.4. The van der Waals surface area contributed by atoms with Crippen molar-refractivity contribution in [3.63, 3.8) is 0 Å². The third-order valence-electron chi connectivity index (χ3n) is 3.47. The number of nitrogens with zero attached hydrogens (tertiary/aromatic N) is 1. The minimum Gasteiger partial charge on any atom is -0.480 e. The van der Waals surface area contributed by atoms with Crippen LogP contribution < -0.4 is 5.46 Å². The van der Waals surface area contributed by atoms with E-state index in [2.05, 4.69) is 26.9 Å². The summed E-state index contributed by atoms with van der Waals surface area (Å²) in [5, 5.41) is 11.3. The Hall–Kier alpha value is -2.23. The van der Waals surface area contributed by atoms with Crippen molar-refractivity contribution < 1.29 is 9.90 Å². The Bertz CT molecular complexity index is 745. The first kappa shape index (κ1) is 11.8. The maximum atomic E-state index is 11.1. The zero-order chi connectivity index (χ0) is 13.6. The van der Waals surface area contributed by atoms with Crippen LogP contribution in [0.15, 0.2) is 36.4 Å². The Balaban J connectivity index is 2.46. The molecule has 1 heterocycles. The van der Waals surface area contributed by atoms with Crippen molar-refractivity contribution in [2.24, 2.45) is 0 Å². The quantitative estimate of drug-likeness (QED) is 0.700. The smallest absolute Gasteiger partial charge is 0.323 e. The van der Waals surface area contributed by atoms with E-state index in [4.69, 9.17) is 5.11 Å². The molecule has 0 amide bonds. The molecule has 0 spiro atoms. The average Bonchev–Trinajstić information content (AvgIpc) is 2.62. The lowest BCUT2D eigenvalue weighted by Crippen LogP contribution is -2.08. The first-order valence-corrected chi connectivity index (χ1v) is 6.27. The second-order valence-electron chi connectivity index (χ2n) is 5.02. The van der Waals surface area contributed by atoms with Crippen LogP contribution in [0.5, 0.6) is 0 Å². The van der Waals surface area contributed by atoms with Gasteiger partial charge in [-0.25, -0.2) is 0 Å². The largest absolute Gasteiger partial charge is 0.480 e. The summed E-state index contributed by atoms with van der Waals surface area (Å²) in [6, 6.07) is 12.3. The summed E-state index contributed by atoms with van der Waals surface area (Å²) in [6.45, 7) is 2.04.